The third-order valence-electron chi connectivity index (χ3n) is 27.9. The molecule has 0 fully saturated rings. The molecule has 114 heavy (non-hydrogen) atoms. The van der Waals surface area contributed by atoms with E-state index in [1.165, 1.54) is 207 Å². The van der Waals surface area contributed by atoms with Crippen LogP contribution in [-0.2, 0) is 27.1 Å². The number of rotatable bonds is 7. The van der Waals surface area contributed by atoms with Gasteiger partial charge in [-0.05, 0) is 183 Å². The van der Waals surface area contributed by atoms with Gasteiger partial charge in [-0.1, -0.05) is 322 Å². The van der Waals surface area contributed by atoms with Gasteiger partial charge in [0, 0.05) is 73.6 Å². The molecular formula is C109H77N3S2. The Balaban J connectivity index is 0.898. The summed E-state index contributed by atoms with van der Waals surface area (Å²) in [4.78, 5) is 5.56. The van der Waals surface area contributed by atoms with Gasteiger partial charge in [0.05, 0.1) is 61.0 Å². The number of anilines is 6. The van der Waals surface area contributed by atoms with Crippen LogP contribution in [0.5, 0.6) is 0 Å². The first kappa shape index (κ1) is 65.0. The van der Waals surface area contributed by atoms with E-state index >= 15 is 0 Å². The summed E-state index contributed by atoms with van der Waals surface area (Å²) in [7, 11) is 0. The van der Waals surface area contributed by atoms with E-state index in [1.54, 1.807) is 0 Å². The second-order valence-electron chi connectivity index (χ2n) is 34.8. The molecule has 19 aromatic rings. The highest BCUT2D eigenvalue weighted by Crippen LogP contribution is 2.68. The fourth-order valence-corrected chi connectivity index (χ4v) is 25.9. The van der Waals surface area contributed by atoms with Gasteiger partial charge in [-0.2, -0.15) is 0 Å². The van der Waals surface area contributed by atoms with E-state index in [2.05, 4.69) is 391 Å². The summed E-state index contributed by atoms with van der Waals surface area (Å²) in [5.41, 5.74) is 39.9. The summed E-state index contributed by atoms with van der Waals surface area (Å²) >= 11 is 3.92. The van der Waals surface area contributed by atoms with Gasteiger partial charge in [-0.15, -0.1) is 22.7 Å². The monoisotopic (exact) mass is 1490 g/mol. The Morgan fingerprint density at radius 3 is 0.982 bits per heavy atom. The molecule has 0 bridgehead atoms. The quantitative estimate of drug-likeness (QED) is 0.158. The zero-order valence-corrected chi connectivity index (χ0v) is 66.4. The first-order valence-electron chi connectivity index (χ1n) is 40.4. The number of fused-ring (bicyclic) bond motifs is 33. The van der Waals surface area contributed by atoms with Gasteiger partial charge in [0.1, 0.15) is 0 Å². The van der Waals surface area contributed by atoms with E-state index in [-0.39, 0.29) is 21.7 Å². The van der Waals surface area contributed by atoms with Gasteiger partial charge in [0.25, 0.3) is 0 Å². The van der Waals surface area contributed by atoms with Gasteiger partial charge in [-0.25, -0.2) is 0 Å². The van der Waals surface area contributed by atoms with Crippen LogP contribution in [0.15, 0.2) is 322 Å². The molecule has 0 radical (unpaired) electrons. The zero-order chi connectivity index (χ0) is 75.9. The van der Waals surface area contributed by atoms with Crippen LogP contribution < -0.4 is 9.80 Å². The maximum absolute atomic E-state index is 2.81. The third kappa shape index (κ3) is 7.92. The van der Waals surface area contributed by atoms with Gasteiger partial charge >= 0.3 is 0 Å². The van der Waals surface area contributed by atoms with Crippen LogP contribution in [0.2, 0.25) is 0 Å². The Hall–Kier alpha value is -12.6. The van der Waals surface area contributed by atoms with Crippen LogP contribution in [0.1, 0.15) is 122 Å². The summed E-state index contributed by atoms with van der Waals surface area (Å²) < 4.78 is 7.84. The topological polar surface area (TPSA) is 11.4 Å². The van der Waals surface area contributed by atoms with Crippen molar-refractivity contribution in [3.63, 3.8) is 0 Å². The average molecular weight is 1490 g/mol. The van der Waals surface area contributed by atoms with Crippen molar-refractivity contribution in [2.45, 2.75) is 82.5 Å². The molecule has 0 amide bonds. The number of hydrogen-bond acceptors (Lipinski definition) is 4. The fraction of sp³-hybridized carbons (Fsp3) is 0.119. The zero-order valence-electron chi connectivity index (χ0n) is 64.8. The summed E-state index contributed by atoms with van der Waals surface area (Å²) in [5, 5.41) is 7.55. The largest absolute Gasteiger partial charge is 0.309 e. The van der Waals surface area contributed by atoms with E-state index < -0.39 is 5.41 Å². The van der Waals surface area contributed by atoms with Gasteiger partial charge in [-0.3, -0.25) is 0 Å². The Morgan fingerprint density at radius 1 is 0.237 bits per heavy atom. The van der Waals surface area contributed by atoms with Crippen molar-refractivity contribution in [2.24, 2.45) is 0 Å². The molecule has 6 aliphatic rings. The van der Waals surface area contributed by atoms with Crippen molar-refractivity contribution in [3.8, 4) is 72.4 Å². The molecule has 3 heterocycles. The SMILES string of the molecule is CC1(C)c2ccccc2-c2cccc(N(c3cccc4c3C(C)(C)c3ccccc3-4)c3cc4c(c5c3sc3ccccc35)c3c5sc6ccccc6c5c(N(c5cccc6c5C(C)(C)c5ccccc5-6)c5cccc6c5C(C)(C)c5ccccc5-6)cc3n4-c3cccc4c3-c3ccccc3C43c4ccccc4-c4ccccc43)c21. The van der Waals surface area contributed by atoms with Crippen LogP contribution in [0.3, 0.4) is 0 Å². The normalized spacial score (nSPS) is 15.5. The Morgan fingerprint density at radius 2 is 0.544 bits per heavy atom. The average Bonchev–Trinajstić information content (AvgIpc) is 1.49. The highest BCUT2D eigenvalue weighted by Gasteiger charge is 2.53. The van der Waals surface area contributed by atoms with E-state index in [9.17, 15) is 0 Å². The number of nitrogens with zero attached hydrogens (tertiary/aromatic N) is 3. The number of aromatic nitrogens is 1. The number of thiophene rings is 2. The third-order valence-corrected chi connectivity index (χ3v) is 30.2. The minimum Gasteiger partial charge on any atom is -0.309 e. The maximum Gasteiger partial charge on any atom is 0.0726 e. The van der Waals surface area contributed by atoms with Crippen LogP contribution in [0.4, 0.5) is 34.1 Å². The molecule has 540 valence electrons. The molecule has 6 aliphatic carbocycles. The minimum absolute atomic E-state index is 0.371. The van der Waals surface area contributed by atoms with Crippen LogP contribution in [0, 0.1) is 0 Å². The minimum atomic E-state index is -0.611. The standard InChI is InChI=1S/C109H77N3S2/c1-105(2)75-45-18-9-34-64(75)68-41-27-54-84(99(68)105)111(85-55-28-42-69-65-35-10-19-46-76(65)106(3,4)100(69)85)88-60-90-98(104-95(88)73-39-16-25-58-92(73)114-104)97-89(110(90)83-53-31-52-82-94(83)72-38-15-24-51-81(72)109(82)79-49-22-13-32-62(79)63-33-14-23-50-80(63)109)61-91(103-96(97)74-40-17-26-59-93(74)113-103)112(86-56-29-43-70-66-36-11-20-47-77(66)107(5,6)101(70)86)87-57-30-44-71-67-37-12-21-48-78(67)108(7,8)102(71)87/h9-61H,1-8H3. The van der Waals surface area contributed by atoms with Crippen molar-refractivity contribution in [1.82, 2.24) is 4.57 Å². The molecule has 0 saturated carbocycles. The molecule has 3 aromatic heterocycles. The van der Waals surface area contributed by atoms with Crippen LogP contribution in [0.25, 0.3) is 135 Å². The summed E-state index contributed by atoms with van der Waals surface area (Å²) in [5.74, 6) is 0. The molecule has 0 atom stereocenters. The highest BCUT2D eigenvalue weighted by molar-refractivity contribution is 7.27. The molecule has 0 N–H and O–H groups in total. The first-order chi connectivity index (χ1) is 55.7. The maximum atomic E-state index is 2.81. The van der Waals surface area contributed by atoms with Crippen LogP contribution in [-0.4, -0.2) is 4.57 Å². The molecule has 0 saturated heterocycles. The number of hydrogen-bond donors (Lipinski definition) is 0. The lowest BCUT2D eigenvalue weighted by Crippen LogP contribution is -2.25. The van der Waals surface area contributed by atoms with Gasteiger partial charge in [0.2, 0.25) is 0 Å². The van der Waals surface area contributed by atoms with E-state index in [1.807, 2.05) is 22.7 Å². The van der Waals surface area contributed by atoms with Crippen molar-refractivity contribution < 1.29 is 0 Å². The lowest BCUT2D eigenvalue weighted by Gasteiger charge is -2.36. The molecule has 1 spiro atoms. The molecule has 25 rings (SSSR count). The second-order valence-corrected chi connectivity index (χ2v) is 36.9. The molecule has 0 unspecified atom stereocenters. The first-order valence-corrected chi connectivity index (χ1v) is 42.0. The fourth-order valence-electron chi connectivity index (χ4n) is 23.4. The Bertz CT molecular complexity index is 7330. The van der Waals surface area contributed by atoms with Crippen LogP contribution >= 0.6 is 22.7 Å². The van der Waals surface area contributed by atoms with E-state index in [0.29, 0.717) is 0 Å². The molecule has 3 nitrogen and oxygen atoms in total. The predicted octanol–water partition coefficient (Wildman–Crippen LogP) is 30.0. The van der Waals surface area contributed by atoms with Gasteiger partial charge in [0.15, 0.2) is 0 Å². The summed E-state index contributed by atoms with van der Waals surface area (Å²) in [6.07, 6.45) is 0. The van der Waals surface area contributed by atoms with Crippen molar-refractivity contribution in [2.75, 3.05) is 9.80 Å². The Kier molecular flexibility index (Phi) is 12.8. The summed E-state index contributed by atoms with van der Waals surface area (Å²) in [6.45, 7) is 19.8. The van der Waals surface area contributed by atoms with E-state index in [0.717, 1.165) is 28.1 Å². The lowest BCUT2D eigenvalue weighted by atomic mass is 9.70. The van der Waals surface area contributed by atoms with Crippen molar-refractivity contribution >= 4 is 119 Å². The highest BCUT2D eigenvalue weighted by atomic mass is 32.1. The molecule has 16 aromatic carbocycles. The van der Waals surface area contributed by atoms with Crippen molar-refractivity contribution in [3.05, 3.63) is 388 Å². The number of benzene rings is 16. The summed E-state index contributed by atoms with van der Waals surface area (Å²) in [6, 6.07) is 125. The predicted molar refractivity (Wildman–Crippen MR) is 482 cm³/mol. The van der Waals surface area contributed by atoms with Crippen molar-refractivity contribution in [1.29, 1.82) is 0 Å². The smallest absolute Gasteiger partial charge is 0.0726 e. The lowest BCUT2D eigenvalue weighted by molar-refractivity contribution is 0.655. The second kappa shape index (κ2) is 22.4. The molecular weight excluding hydrogens is 1420 g/mol. The van der Waals surface area contributed by atoms with Gasteiger partial charge < -0.3 is 14.4 Å². The molecule has 0 aliphatic heterocycles. The molecule has 5 heteroatoms. The Labute approximate surface area is 671 Å². The van der Waals surface area contributed by atoms with E-state index in [4.69, 9.17) is 0 Å².